The van der Waals surface area contributed by atoms with Crippen LogP contribution in [0.2, 0.25) is 0 Å². The van der Waals surface area contributed by atoms with Crippen LogP contribution in [0.1, 0.15) is 6.42 Å². The van der Waals surface area contributed by atoms with Crippen LogP contribution in [0.3, 0.4) is 0 Å². The van der Waals surface area contributed by atoms with Gasteiger partial charge in [-0.25, -0.2) is 0 Å². The van der Waals surface area contributed by atoms with Crippen LogP contribution < -0.4 is 27.4 Å². The molecular formula is C15H33N7O3. The van der Waals surface area contributed by atoms with Crippen LogP contribution in [0.4, 0.5) is 0 Å². The summed E-state index contributed by atoms with van der Waals surface area (Å²) < 4.78 is 0. The Kier molecular flexibility index (Phi) is 11.7. The van der Waals surface area contributed by atoms with Crippen LogP contribution in [0.25, 0.3) is 0 Å². The summed E-state index contributed by atoms with van der Waals surface area (Å²) in [5, 5.41) is 7.85. The van der Waals surface area contributed by atoms with E-state index in [1.165, 1.54) is 0 Å². The number of rotatable bonds is 12. The summed E-state index contributed by atoms with van der Waals surface area (Å²) in [5.74, 6) is -1.15. The van der Waals surface area contributed by atoms with Gasteiger partial charge in [0.2, 0.25) is 17.7 Å². The molecule has 0 aromatic rings. The minimum absolute atomic E-state index is 0.0123. The molecule has 0 heterocycles. The van der Waals surface area contributed by atoms with E-state index in [1.807, 2.05) is 38.0 Å². The quantitative estimate of drug-likeness (QED) is 0.243. The molecule has 2 atom stereocenters. The first kappa shape index (κ1) is 23.2. The Morgan fingerprint density at radius 1 is 0.800 bits per heavy atom. The van der Waals surface area contributed by atoms with E-state index in [1.54, 1.807) is 0 Å². The van der Waals surface area contributed by atoms with E-state index in [-0.39, 0.29) is 24.8 Å². The van der Waals surface area contributed by atoms with Crippen LogP contribution in [0.15, 0.2) is 0 Å². The fourth-order valence-corrected chi connectivity index (χ4v) is 1.75. The zero-order valence-corrected chi connectivity index (χ0v) is 15.7. The number of hydrogen-bond acceptors (Lipinski definition) is 7. The van der Waals surface area contributed by atoms with Crippen LogP contribution in [-0.4, -0.2) is 101 Å². The van der Waals surface area contributed by atoms with Crippen molar-refractivity contribution in [2.45, 2.75) is 18.5 Å². The molecule has 25 heavy (non-hydrogen) atoms. The first-order valence-corrected chi connectivity index (χ1v) is 8.26. The monoisotopic (exact) mass is 359 g/mol. The summed E-state index contributed by atoms with van der Waals surface area (Å²) in [6.07, 6.45) is -0.164. The predicted octanol–water partition coefficient (Wildman–Crippen LogP) is -3.50. The standard InChI is InChI=1S/C15H33N7O3/c1-21(2)7-5-18-14(24)11(16)9-13(23)20-10-12(17)15(25)19-6-8-22(3)4/h11-12H,5-10,16-17H2,1-4H3,(H,18,24)(H,19,25)(H,20,23)/t11-,12-/m0/s1. The van der Waals surface area contributed by atoms with E-state index in [4.69, 9.17) is 11.5 Å². The Hall–Kier alpha value is -1.75. The third-order valence-electron chi connectivity index (χ3n) is 3.31. The molecule has 0 aromatic carbocycles. The van der Waals surface area contributed by atoms with Crippen LogP contribution in [0.5, 0.6) is 0 Å². The molecule has 0 aromatic heterocycles. The summed E-state index contributed by atoms with van der Waals surface area (Å²) >= 11 is 0. The maximum Gasteiger partial charge on any atom is 0.238 e. The fraction of sp³-hybridized carbons (Fsp3) is 0.800. The van der Waals surface area contributed by atoms with E-state index in [9.17, 15) is 14.4 Å². The highest BCUT2D eigenvalue weighted by Gasteiger charge is 2.19. The Labute approximate surface area is 149 Å². The average Bonchev–Trinajstić information content (AvgIpc) is 2.51. The van der Waals surface area contributed by atoms with Gasteiger partial charge in [0, 0.05) is 32.7 Å². The van der Waals surface area contributed by atoms with Crippen molar-refractivity contribution in [3.63, 3.8) is 0 Å². The number of nitrogens with zero attached hydrogens (tertiary/aromatic N) is 2. The minimum Gasteiger partial charge on any atom is -0.354 e. The zero-order chi connectivity index (χ0) is 19.4. The molecule has 0 aliphatic heterocycles. The van der Waals surface area contributed by atoms with Crippen molar-refractivity contribution < 1.29 is 14.4 Å². The highest BCUT2D eigenvalue weighted by atomic mass is 16.2. The van der Waals surface area contributed by atoms with Gasteiger partial charge in [-0.2, -0.15) is 0 Å². The molecule has 10 nitrogen and oxygen atoms in total. The molecule has 0 radical (unpaired) electrons. The molecule has 0 fully saturated rings. The van der Waals surface area contributed by atoms with Gasteiger partial charge in [-0.3, -0.25) is 14.4 Å². The van der Waals surface area contributed by atoms with Gasteiger partial charge < -0.3 is 37.2 Å². The summed E-state index contributed by atoms with van der Waals surface area (Å²) in [5.41, 5.74) is 11.4. The van der Waals surface area contributed by atoms with Crippen molar-refractivity contribution in [1.82, 2.24) is 25.8 Å². The Balaban J connectivity index is 4.00. The molecule has 0 saturated carbocycles. The van der Waals surface area contributed by atoms with E-state index >= 15 is 0 Å². The average molecular weight is 359 g/mol. The van der Waals surface area contributed by atoms with Crippen LogP contribution >= 0.6 is 0 Å². The van der Waals surface area contributed by atoms with Gasteiger partial charge in [-0.15, -0.1) is 0 Å². The number of nitrogens with one attached hydrogen (secondary N) is 3. The minimum atomic E-state index is -0.938. The number of carbonyl (C=O) groups excluding carboxylic acids is 3. The first-order valence-electron chi connectivity index (χ1n) is 8.26. The van der Waals surface area contributed by atoms with Crippen molar-refractivity contribution in [3.8, 4) is 0 Å². The molecule has 7 N–H and O–H groups in total. The Morgan fingerprint density at radius 2 is 1.24 bits per heavy atom. The van der Waals surface area contributed by atoms with Crippen molar-refractivity contribution in [1.29, 1.82) is 0 Å². The van der Waals surface area contributed by atoms with Crippen molar-refractivity contribution >= 4 is 17.7 Å². The second-order valence-electron chi connectivity index (χ2n) is 6.41. The molecule has 0 aliphatic rings. The maximum atomic E-state index is 11.8. The molecule has 10 heteroatoms. The lowest BCUT2D eigenvalue weighted by atomic mass is 10.2. The van der Waals surface area contributed by atoms with Crippen LogP contribution in [0, 0.1) is 0 Å². The van der Waals surface area contributed by atoms with E-state index in [0.29, 0.717) is 26.2 Å². The third kappa shape index (κ3) is 12.3. The topological polar surface area (TPSA) is 146 Å². The summed E-state index contributed by atoms with van der Waals surface area (Å²) in [6.45, 7) is 2.30. The Morgan fingerprint density at radius 3 is 1.68 bits per heavy atom. The molecule has 0 bridgehead atoms. The molecule has 0 rings (SSSR count). The van der Waals surface area contributed by atoms with Gasteiger partial charge in [0.1, 0.15) is 6.04 Å². The smallest absolute Gasteiger partial charge is 0.238 e. The largest absolute Gasteiger partial charge is 0.354 e. The first-order chi connectivity index (χ1) is 11.6. The molecule has 146 valence electrons. The molecule has 0 spiro atoms. The second-order valence-corrected chi connectivity index (χ2v) is 6.41. The van der Waals surface area contributed by atoms with Gasteiger partial charge in [0.05, 0.1) is 12.5 Å². The van der Waals surface area contributed by atoms with Gasteiger partial charge in [-0.05, 0) is 28.2 Å². The van der Waals surface area contributed by atoms with Gasteiger partial charge in [-0.1, -0.05) is 0 Å². The lowest BCUT2D eigenvalue weighted by Crippen LogP contribution is -2.50. The van der Waals surface area contributed by atoms with Gasteiger partial charge in [0.25, 0.3) is 0 Å². The SMILES string of the molecule is CN(C)CCNC(=O)[C@@H](N)CNC(=O)C[C@H](N)C(=O)NCCN(C)C. The molecule has 0 aliphatic carbocycles. The lowest BCUT2D eigenvalue weighted by Gasteiger charge is -2.16. The van der Waals surface area contributed by atoms with E-state index in [0.717, 1.165) is 0 Å². The maximum absolute atomic E-state index is 11.8. The summed E-state index contributed by atoms with van der Waals surface area (Å²) in [4.78, 5) is 39.1. The number of likely N-dealkylation sites (N-methyl/N-ethyl adjacent to an activating group) is 2. The zero-order valence-electron chi connectivity index (χ0n) is 15.7. The highest BCUT2D eigenvalue weighted by Crippen LogP contribution is 1.90. The van der Waals surface area contributed by atoms with Gasteiger partial charge >= 0.3 is 0 Å². The van der Waals surface area contributed by atoms with Crippen LogP contribution in [-0.2, 0) is 14.4 Å². The molecule has 0 saturated heterocycles. The van der Waals surface area contributed by atoms with E-state index < -0.39 is 18.0 Å². The third-order valence-corrected chi connectivity index (χ3v) is 3.31. The molecular weight excluding hydrogens is 326 g/mol. The molecule has 0 unspecified atom stereocenters. The number of hydrogen-bond donors (Lipinski definition) is 5. The fourth-order valence-electron chi connectivity index (χ4n) is 1.75. The Bertz CT molecular complexity index is 429. The highest BCUT2D eigenvalue weighted by molar-refractivity contribution is 5.88. The summed E-state index contributed by atoms with van der Waals surface area (Å²) in [7, 11) is 7.57. The van der Waals surface area contributed by atoms with E-state index in [2.05, 4.69) is 16.0 Å². The number of nitrogens with two attached hydrogens (primary N) is 2. The summed E-state index contributed by atoms with van der Waals surface area (Å²) in [6, 6.07) is -1.79. The van der Waals surface area contributed by atoms with Crippen molar-refractivity contribution in [2.75, 3.05) is 60.9 Å². The van der Waals surface area contributed by atoms with Crippen molar-refractivity contribution in [2.24, 2.45) is 11.5 Å². The van der Waals surface area contributed by atoms with Gasteiger partial charge in [0.15, 0.2) is 0 Å². The predicted molar refractivity (Wildman–Crippen MR) is 96.7 cm³/mol. The second kappa shape index (κ2) is 12.6. The normalized spacial score (nSPS) is 13.4. The molecule has 3 amide bonds. The lowest BCUT2D eigenvalue weighted by molar-refractivity contribution is -0.128. The van der Waals surface area contributed by atoms with Crippen molar-refractivity contribution in [3.05, 3.63) is 0 Å². The number of carbonyl (C=O) groups is 3. The number of amides is 3.